The van der Waals surface area contributed by atoms with E-state index in [1.807, 2.05) is 0 Å². The fourth-order valence-corrected chi connectivity index (χ4v) is 3.63. The molecular formula is C17H17Cl2N3O3S. The summed E-state index contributed by atoms with van der Waals surface area (Å²) in [5.74, 6) is -1.90. The van der Waals surface area contributed by atoms with Gasteiger partial charge in [0.2, 0.25) is 11.8 Å². The number of urea groups is 1. The molecule has 0 saturated carbocycles. The molecule has 138 valence electrons. The van der Waals surface area contributed by atoms with Crippen LogP contribution in [0.1, 0.15) is 5.56 Å². The number of rotatable bonds is 5. The highest BCUT2D eigenvalue weighted by Crippen LogP contribution is 2.28. The van der Waals surface area contributed by atoms with Crippen molar-refractivity contribution in [2.45, 2.75) is 5.75 Å². The van der Waals surface area contributed by atoms with Crippen LogP contribution in [0.15, 0.2) is 35.8 Å². The summed E-state index contributed by atoms with van der Waals surface area (Å²) in [4.78, 5) is 43.1. The molecule has 1 fully saturated rings. The zero-order valence-electron chi connectivity index (χ0n) is 14.2. The average molecular weight is 414 g/mol. The number of hydrogen-bond donors (Lipinski definition) is 0. The molecule has 0 aliphatic carbocycles. The Bertz CT molecular complexity index is 773. The van der Waals surface area contributed by atoms with Gasteiger partial charge < -0.3 is 0 Å². The normalized spacial score (nSPS) is 16.5. The number of imide groups is 2. The molecule has 0 N–H and O–H groups in total. The molecule has 0 aromatic heterocycles. The summed E-state index contributed by atoms with van der Waals surface area (Å²) in [5.41, 5.74) is 0.865. The smallest absolute Gasteiger partial charge is 0.277 e. The zero-order valence-corrected chi connectivity index (χ0v) is 16.6. The van der Waals surface area contributed by atoms with Crippen molar-refractivity contribution in [2.24, 2.45) is 10.9 Å². The van der Waals surface area contributed by atoms with Crippen molar-refractivity contribution in [3.05, 3.63) is 46.5 Å². The average Bonchev–Trinajstić information content (AvgIpc) is 2.62. The number of hydrogen-bond acceptors (Lipinski definition) is 5. The van der Waals surface area contributed by atoms with Crippen LogP contribution in [0.4, 0.5) is 4.79 Å². The van der Waals surface area contributed by atoms with Crippen molar-refractivity contribution < 1.29 is 14.4 Å². The maximum absolute atomic E-state index is 12.5. The maximum atomic E-state index is 12.5. The van der Waals surface area contributed by atoms with Crippen molar-refractivity contribution in [1.29, 1.82) is 0 Å². The molecule has 4 amide bonds. The minimum absolute atomic E-state index is 0.252. The van der Waals surface area contributed by atoms with Crippen LogP contribution in [0.2, 0.25) is 10.0 Å². The lowest BCUT2D eigenvalue weighted by Gasteiger charge is -2.33. The van der Waals surface area contributed by atoms with Crippen molar-refractivity contribution in [2.75, 3.05) is 20.6 Å². The fraction of sp³-hybridized carbons (Fsp3) is 0.294. The van der Waals surface area contributed by atoms with Crippen molar-refractivity contribution in [3.8, 4) is 0 Å². The third kappa shape index (κ3) is 4.28. The Hall–Kier alpha value is -1.83. The molecule has 0 radical (unpaired) electrons. The van der Waals surface area contributed by atoms with Crippen LogP contribution in [-0.2, 0) is 15.3 Å². The van der Waals surface area contributed by atoms with Crippen molar-refractivity contribution in [3.63, 3.8) is 0 Å². The SMILES string of the molecule is C=CCN=C(SCc1ccc(Cl)c(Cl)c1)C1C(=O)N(C)C(=O)N(C)C1=O. The summed E-state index contributed by atoms with van der Waals surface area (Å²) < 4.78 is 0. The monoisotopic (exact) mass is 413 g/mol. The van der Waals surface area contributed by atoms with Crippen LogP contribution in [0.5, 0.6) is 0 Å². The van der Waals surface area contributed by atoms with E-state index in [0.717, 1.165) is 15.4 Å². The van der Waals surface area contributed by atoms with Crippen LogP contribution < -0.4 is 0 Å². The minimum Gasteiger partial charge on any atom is -0.277 e. The van der Waals surface area contributed by atoms with E-state index >= 15 is 0 Å². The molecule has 26 heavy (non-hydrogen) atoms. The Morgan fingerprint density at radius 1 is 1.19 bits per heavy atom. The molecule has 0 atom stereocenters. The minimum atomic E-state index is -1.14. The third-order valence-corrected chi connectivity index (χ3v) is 5.60. The molecule has 1 heterocycles. The van der Waals surface area contributed by atoms with E-state index in [2.05, 4.69) is 11.6 Å². The molecule has 1 aromatic carbocycles. The summed E-state index contributed by atoms with van der Waals surface area (Å²) in [5, 5.41) is 1.20. The number of benzene rings is 1. The second-order valence-electron chi connectivity index (χ2n) is 5.51. The number of carbonyl (C=O) groups excluding carboxylic acids is 3. The van der Waals surface area contributed by atoms with Crippen molar-refractivity contribution >= 4 is 57.9 Å². The van der Waals surface area contributed by atoms with Gasteiger partial charge in [0.05, 0.1) is 21.6 Å². The van der Waals surface area contributed by atoms with Crippen molar-refractivity contribution in [1.82, 2.24) is 9.80 Å². The van der Waals surface area contributed by atoms with Gasteiger partial charge in [-0.25, -0.2) is 4.79 Å². The van der Waals surface area contributed by atoms with Gasteiger partial charge in [-0.15, -0.1) is 18.3 Å². The Kier molecular flexibility index (Phi) is 6.86. The van der Waals surface area contributed by atoms with E-state index in [4.69, 9.17) is 23.2 Å². The number of aliphatic imine (C=N–C) groups is 1. The standard InChI is InChI=1S/C17H17Cl2N3O3S/c1-4-7-20-14(26-9-10-5-6-11(18)12(19)8-10)13-15(23)21(2)17(25)22(3)16(13)24/h4-6,8,13H,1,7,9H2,2-3H3. The van der Waals surface area contributed by atoms with Gasteiger partial charge in [-0.2, -0.15) is 0 Å². The number of carbonyl (C=O) groups is 3. The molecule has 1 aromatic rings. The van der Waals surface area contributed by atoms with E-state index in [1.54, 1.807) is 24.3 Å². The van der Waals surface area contributed by atoms with Crippen LogP contribution in [0.3, 0.4) is 0 Å². The first-order valence-corrected chi connectivity index (χ1v) is 9.33. The van der Waals surface area contributed by atoms with Gasteiger partial charge >= 0.3 is 6.03 Å². The molecule has 1 saturated heterocycles. The number of thioether (sulfide) groups is 1. The van der Waals surface area contributed by atoms with E-state index in [1.165, 1.54) is 25.9 Å². The van der Waals surface area contributed by atoms with E-state index in [0.29, 0.717) is 20.8 Å². The number of nitrogens with zero attached hydrogens (tertiary/aromatic N) is 3. The molecule has 0 unspecified atom stereocenters. The second kappa shape index (κ2) is 8.70. The van der Waals surface area contributed by atoms with E-state index in [-0.39, 0.29) is 6.54 Å². The summed E-state index contributed by atoms with van der Waals surface area (Å²) >= 11 is 13.2. The molecule has 0 bridgehead atoms. The van der Waals surface area contributed by atoms with Gasteiger partial charge in [0.15, 0.2) is 5.92 Å². The summed E-state index contributed by atoms with van der Waals surface area (Å²) in [6.45, 7) is 3.86. The van der Waals surface area contributed by atoms with Crippen LogP contribution in [-0.4, -0.2) is 53.3 Å². The van der Waals surface area contributed by atoms with Gasteiger partial charge in [0.25, 0.3) is 0 Å². The van der Waals surface area contributed by atoms with Gasteiger partial charge in [0.1, 0.15) is 0 Å². The number of amides is 4. The lowest BCUT2D eigenvalue weighted by Crippen LogP contribution is -2.58. The number of halogens is 2. The summed E-state index contributed by atoms with van der Waals surface area (Å²) in [6, 6.07) is 4.54. The van der Waals surface area contributed by atoms with E-state index < -0.39 is 23.8 Å². The molecule has 9 heteroatoms. The van der Waals surface area contributed by atoms with Gasteiger partial charge in [0, 0.05) is 19.8 Å². The molecule has 6 nitrogen and oxygen atoms in total. The lowest BCUT2D eigenvalue weighted by molar-refractivity contribution is -0.144. The predicted molar refractivity (Wildman–Crippen MR) is 105 cm³/mol. The highest BCUT2D eigenvalue weighted by molar-refractivity contribution is 8.13. The first-order chi connectivity index (χ1) is 12.3. The van der Waals surface area contributed by atoms with Gasteiger partial charge in [-0.1, -0.05) is 35.3 Å². The molecule has 1 aliphatic rings. The zero-order chi connectivity index (χ0) is 19.4. The van der Waals surface area contributed by atoms with Gasteiger partial charge in [-0.05, 0) is 17.7 Å². The highest BCUT2D eigenvalue weighted by atomic mass is 35.5. The summed E-state index contributed by atoms with van der Waals surface area (Å²) in [6.07, 6.45) is 1.57. The van der Waals surface area contributed by atoms with Crippen LogP contribution in [0, 0.1) is 5.92 Å². The maximum Gasteiger partial charge on any atom is 0.332 e. The highest BCUT2D eigenvalue weighted by Gasteiger charge is 2.45. The Morgan fingerprint density at radius 3 is 2.35 bits per heavy atom. The molecule has 1 aliphatic heterocycles. The van der Waals surface area contributed by atoms with Crippen LogP contribution >= 0.6 is 35.0 Å². The second-order valence-corrected chi connectivity index (χ2v) is 7.32. The largest absolute Gasteiger partial charge is 0.332 e. The quantitative estimate of drug-likeness (QED) is 0.320. The molecule has 0 spiro atoms. The first kappa shape index (κ1) is 20.5. The fourth-order valence-electron chi connectivity index (χ4n) is 2.28. The van der Waals surface area contributed by atoms with Gasteiger partial charge in [-0.3, -0.25) is 24.4 Å². The Morgan fingerprint density at radius 2 is 1.81 bits per heavy atom. The molecular weight excluding hydrogens is 397 g/mol. The summed E-state index contributed by atoms with van der Waals surface area (Å²) in [7, 11) is 2.69. The van der Waals surface area contributed by atoms with E-state index in [9.17, 15) is 14.4 Å². The number of barbiturate groups is 1. The Labute approximate surface area is 165 Å². The molecule has 2 rings (SSSR count). The topological polar surface area (TPSA) is 70.1 Å². The predicted octanol–water partition coefficient (Wildman–Crippen LogP) is 3.48. The third-order valence-electron chi connectivity index (χ3n) is 3.72. The lowest BCUT2D eigenvalue weighted by atomic mass is 10.1. The first-order valence-electron chi connectivity index (χ1n) is 7.59. The Balaban J connectivity index is 2.27. The van der Waals surface area contributed by atoms with Crippen LogP contribution in [0.25, 0.3) is 0 Å².